The number of aliphatic hydroxyl groups excluding tert-OH is 1. The average molecular weight is 538 g/mol. The molecule has 6 unspecified atom stereocenters. The fourth-order valence-electron chi connectivity index (χ4n) is 4.21. The molecule has 4 rings (SSSR count). The Labute approximate surface area is 210 Å². The summed E-state index contributed by atoms with van der Waals surface area (Å²) in [5, 5.41) is 21.1. The fraction of sp³-hybridized carbons (Fsp3) is 0.435. The standard InChI is InChI=1S/C23H25FN3O9P/c1-12(2)34-18(30)13(3)27(14-7-5-6-8-15(14)28)37(33)36-16-11-23(16)19(31)22(4,24)20(35-23)26-10-9-17(29)25-21(26)32/h5-10,12,16,19-20,31H,3,11H2,1-2,4H3,(H-,25,28,29,32)/p+1. The normalized spacial score (nSPS) is 28.8. The molecule has 1 aliphatic carbocycles. The molecular formula is C23H26FN3O9P+. The minimum absolute atomic E-state index is 0.0649. The number of halogens is 1. The van der Waals surface area contributed by atoms with Crippen LogP contribution in [0.25, 0.3) is 0 Å². The molecule has 2 fully saturated rings. The first-order valence-corrected chi connectivity index (χ1v) is 12.4. The Balaban J connectivity index is 1.60. The highest BCUT2D eigenvalue weighted by Crippen LogP contribution is 2.61. The van der Waals surface area contributed by atoms with Crippen LogP contribution in [0.15, 0.2) is 58.4 Å². The van der Waals surface area contributed by atoms with Gasteiger partial charge in [-0.3, -0.25) is 14.3 Å². The Morgan fingerprint density at radius 1 is 1.35 bits per heavy atom. The quantitative estimate of drug-likeness (QED) is 0.258. The highest BCUT2D eigenvalue weighted by molar-refractivity contribution is 7.41. The minimum Gasteiger partial charge on any atom is -0.506 e. The summed E-state index contributed by atoms with van der Waals surface area (Å²) in [6.45, 7) is 7.88. The van der Waals surface area contributed by atoms with E-state index in [0.717, 1.165) is 28.4 Å². The zero-order valence-electron chi connectivity index (χ0n) is 20.2. The van der Waals surface area contributed by atoms with Crippen LogP contribution in [-0.4, -0.2) is 55.3 Å². The molecule has 37 heavy (non-hydrogen) atoms. The van der Waals surface area contributed by atoms with E-state index in [1.807, 2.05) is 4.98 Å². The number of carbonyl (C=O) groups excluding carboxylic acids is 1. The van der Waals surface area contributed by atoms with Crippen molar-refractivity contribution in [2.45, 2.75) is 63.0 Å². The van der Waals surface area contributed by atoms with Crippen molar-refractivity contribution < 1.29 is 38.0 Å². The summed E-state index contributed by atoms with van der Waals surface area (Å²) in [6.07, 6.45) is -4.11. The van der Waals surface area contributed by atoms with Crippen LogP contribution in [0.1, 0.15) is 33.4 Å². The number of para-hydroxylation sites is 2. The molecule has 0 radical (unpaired) electrons. The van der Waals surface area contributed by atoms with Crippen molar-refractivity contribution >= 4 is 19.8 Å². The number of aromatic hydroxyl groups is 1. The number of nitrogens with zero attached hydrogens (tertiary/aromatic N) is 2. The van der Waals surface area contributed by atoms with Gasteiger partial charge in [0.2, 0.25) is 0 Å². The van der Waals surface area contributed by atoms with Gasteiger partial charge in [0.15, 0.2) is 23.7 Å². The zero-order chi connectivity index (χ0) is 27.3. The van der Waals surface area contributed by atoms with Crippen LogP contribution in [-0.2, 0) is 23.4 Å². The molecule has 198 valence electrons. The number of carbonyl (C=O) groups is 1. The molecule has 1 aromatic carbocycles. The van der Waals surface area contributed by atoms with Gasteiger partial charge in [0.05, 0.1) is 6.10 Å². The van der Waals surface area contributed by atoms with Gasteiger partial charge in [-0.1, -0.05) is 23.4 Å². The smallest absolute Gasteiger partial charge is 0.506 e. The third-order valence-electron chi connectivity index (χ3n) is 6.13. The Kier molecular flexibility index (Phi) is 6.84. The lowest BCUT2D eigenvalue weighted by Gasteiger charge is -2.24. The predicted molar refractivity (Wildman–Crippen MR) is 128 cm³/mol. The van der Waals surface area contributed by atoms with E-state index in [2.05, 4.69) is 6.58 Å². The number of nitrogens with one attached hydrogen (secondary N) is 1. The summed E-state index contributed by atoms with van der Waals surface area (Å²) < 4.78 is 47.2. The number of alkyl halides is 1. The van der Waals surface area contributed by atoms with E-state index in [1.54, 1.807) is 13.8 Å². The molecule has 6 atom stereocenters. The van der Waals surface area contributed by atoms with Gasteiger partial charge in [0.25, 0.3) is 5.56 Å². The number of hydrogen-bond donors (Lipinski definition) is 3. The van der Waals surface area contributed by atoms with Crippen LogP contribution in [0, 0.1) is 0 Å². The number of aromatic nitrogens is 2. The van der Waals surface area contributed by atoms with E-state index < -0.39 is 66.9 Å². The number of ether oxygens (including phenoxy) is 2. The molecular weight excluding hydrogens is 512 g/mol. The van der Waals surface area contributed by atoms with Gasteiger partial charge < -0.3 is 19.7 Å². The molecule has 12 nitrogen and oxygen atoms in total. The Morgan fingerprint density at radius 2 is 2.03 bits per heavy atom. The first-order chi connectivity index (χ1) is 17.3. The van der Waals surface area contributed by atoms with Gasteiger partial charge in [0, 0.05) is 18.7 Å². The number of anilines is 1. The number of phenols is 1. The van der Waals surface area contributed by atoms with Crippen molar-refractivity contribution in [3.8, 4) is 5.75 Å². The van der Waals surface area contributed by atoms with E-state index >= 15 is 4.39 Å². The van der Waals surface area contributed by atoms with Crippen molar-refractivity contribution in [3.63, 3.8) is 0 Å². The van der Waals surface area contributed by atoms with Crippen LogP contribution in [0.3, 0.4) is 0 Å². The first-order valence-electron chi connectivity index (χ1n) is 11.3. The number of rotatable bonds is 8. The number of phenolic OH excluding ortho intramolecular Hbond substituents is 1. The number of H-pyrrole nitrogens is 1. The fourth-order valence-corrected chi connectivity index (χ4v) is 5.40. The molecule has 3 N–H and O–H groups in total. The van der Waals surface area contributed by atoms with E-state index in [9.17, 15) is 29.2 Å². The van der Waals surface area contributed by atoms with Crippen molar-refractivity contribution in [1.29, 1.82) is 0 Å². The average Bonchev–Trinajstić information content (AvgIpc) is 3.46. The van der Waals surface area contributed by atoms with Gasteiger partial charge in [-0.25, -0.2) is 14.0 Å². The summed E-state index contributed by atoms with van der Waals surface area (Å²) in [5.74, 6) is -1.24. The Hall–Kier alpha value is -3.38. The SMILES string of the molecule is C=C(C(=O)OC(C)C)N(c1ccccc1O)[P+](=O)OC1CC12OC(n1ccc(=O)[nH]c1=O)C(C)(F)C2O. The molecule has 1 saturated heterocycles. The summed E-state index contributed by atoms with van der Waals surface area (Å²) >= 11 is 0. The molecule has 2 aliphatic rings. The van der Waals surface area contributed by atoms with Crippen molar-refractivity contribution in [2.24, 2.45) is 0 Å². The molecule has 1 saturated carbocycles. The minimum atomic E-state index is -2.99. The topological polar surface area (TPSA) is 160 Å². The van der Waals surface area contributed by atoms with Gasteiger partial charge in [-0.2, -0.15) is 0 Å². The van der Waals surface area contributed by atoms with Gasteiger partial charge >= 0.3 is 19.8 Å². The lowest BCUT2D eigenvalue weighted by atomic mass is 9.97. The maximum absolute atomic E-state index is 15.6. The monoisotopic (exact) mass is 538 g/mol. The molecule has 1 aliphatic heterocycles. The lowest BCUT2D eigenvalue weighted by Crippen LogP contribution is -2.44. The van der Waals surface area contributed by atoms with Crippen LogP contribution >= 0.6 is 8.18 Å². The Morgan fingerprint density at radius 3 is 2.65 bits per heavy atom. The van der Waals surface area contributed by atoms with Crippen molar-refractivity contribution in [2.75, 3.05) is 4.67 Å². The summed E-state index contributed by atoms with van der Waals surface area (Å²) in [5.41, 5.74) is -6.26. The molecule has 1 spiro atoms. The maximum Gasteiger partial charge on any atom is 0.651 e. The number of benzene rings is 1. The molecule has 14 heteroatoms. The molecule has 2 heterocycles. The number of hydrogen-bond acceptors (Lipinski definition) is 9. The van der Waals surface area contributed by atoms with E-state index in [-0.39, 0.29) is 17.9 Å². The van der Waals surface area contributed by atoms with E-state index in [1.165, 1.54) is 24.3 Å². The van der Waals surface area contributed by atoms with Crippen LogP contribution < -0.4 is 15.9 Å². The molecule has 0 bridgehead atoms. The maximum atomic E-state index is 15.6. The second-order valence-electron chi connectivity index (χ2n) is 9.23. The van der Waals surface area contributed by atoms with Gasteiger partial charge in [-0.05, 0) is 37.5 Å². The van der Waals surface area contributed by atoms with Crippen molar-refractivity contribution in [1.82, 2.24) is 9.55 Å². The van der Waals surface area contributed by atoms with Crippen LogP contribution in [0.5, 0.6) is 5.75 Å². The number of esters is 1. The predicted octanol–water partition coefficient (Wildman–Crippen LogP) is 2.02. The third kappa shape index (κ3) is 4.71. The molecule has 2 aromatic rings. The molecule has 0 amide bonds. The van der Waals surface area contributed by atoms with E-state index in [4.69, 9.17) is 14.0 Å². The highest BCUT2D eigenvalue weighted by atomic mass is 31.1. The second kappa shape index (κ2) is 9.49. The summed E-state index contributed by atoms with van der Waals surface area (Å²) in [6, 6.07) is 6.72. The van der Waals surface area contributed by atoms with Crippen LogP contribution in [0.2, 0.25) is 0 Å². The molecule has 1 aromatic heterocycles. The largest absolute Gasteiger partial charge is 0.651 e. The first kappa shape index (κ1) is 26.7. The summed E-state index contributed by atoms with van der Waals surface area (Å²) in [4.78, 5) is 38.1. The number of aromatic amines is 1. The number of aliphatic hydroxyl groups is 1. The van der Waals surface area contributed by atoms with Crippen molar-refractivity contribution in [3.05, 3.63) is 69.6 Å². The third-order valence-corrected chi connectivity index (χ3v) is 7.35. The highest BCUT2D eigenvalue weighted by Gasteiger charge is 2.77. The van der Waals surface area contributed by atoms with Gasteiger partial charge in [-0.15, -0.1) is 4.52 Å². The lowest BCUT2D eigenvalue weighted by molar-refractivity contribution is -0.142. The van der Waals surface area contributed by atoms with Crippen LogP contribution in [0.4, 0.5) is 10.1 Å². The van der Waals surface area contributed by atoms with Gasteiger partial charge in [0.1, 0.15) is 23.1 Å². The zero-order valence-corrected chi connectivity index (χ0v) is 21.1. The van der Waals surface area contributed by atoms with E-state index in [0.29, 0.717) is 0 Å². The summed E-state index contributed by atoms with van der Waals surface area (Å²) in [7, 11) is -2.99. The second-order valence-corrected chi connectivity index (χ2v) is 10.3. The Bertz CT molecular complexity index is 1370.